The minimum absolute atomic E-state index is 0.293. The quantitative estimate of drug-likeness (QED) is 0.361. The van der Waals surface area contributed by atoms with E-state index in [-0.39, 0.29) is 7.62 Å². The highest BCUT2D eigenvalue weighted by Gasteiger charge is 2.12. The first-order chi connectivity index (χ1) is 3.39. The second-order valence-corrected chi connectivity index (χ2v) is 9.14. The van der Waals surface area contributed by atoms with E-state index in [0.717, 1.165) is 9.04 Å². The van der Waals surface area contributed by atoms with Crippen LogP contribution in [-0.4, -0.2) is 16.7 Å². The SMILES string of the molecule is Cl[Si]1CCCC[Si]1. The van der Waals surface area contributed by atoms with Crippen molar-refractivity contribution in [1.29, 1.82) is 0 Å². The lowest BCUT2D eigenvalue weighted by Gasteiger charge is -2.10. The monoisotopic (exact) mass is 147 g/mol. The van der Waals surface area contributed by atoms with Crippen molar-refractivity contribution in [3.63, 3.8) is 0 Å². The zero-order valence-corrected chi connectivity index (χ0v) is 6.96. The van der Waals surface area contributed by atoms with Gasteiger partial charge in [-0.3, -0.25) is 0 Å². The highest BCUT2D eigenvalue weighted by molar-refractivity contribution is 7.37. The summed E-state index contributed by atoms with van der Waals surface area (Å²) in [6, 6.07) is 2.79. The fraction of sp³-hybridized carbons (Fsp3) is 1.00. The van der Waals surface area contributed by atoms with E-state index in [9.17, 15) is 0 Å². The number of rotatable bonds is 0. The summed E-state index contributed by atoms with van der Waals surface area (Å²) in [6.45, 7) is 0. The van der Waals surface area contributed by atoms with Crippen molar-refractivity contribution in [3.8, 4) is 0 Å². The molecule has 0 saturated carbocycles. The lowest BCUT2D eigenvalue weighted by Crippen LogP contribution is -2.18. The van der Waals surface area contributed by atoms with E-state index in [0.29, 0.717) is 0 Å². The van der Waals surface area contributed by atoms with Crippen LogP contribution in [0, 0.1) is 0 Å². The van der Waals surface area contributed by atoms with Crippen molar-refractivity contribution in [3.05, 3.63) is 0 Å². The molecule has 0 aliphatic carbocycles. The second kappa shape index (κ2) is 2.89. The van der Waals surface area contributed by atoms with Gasteiger partial charge in [0.2, 0.25) is 0 Å². The maximum Gasteiger partial charge on any atom is 0.148 e. The first-order valence-electron chi connectivity index (χ1n) is 2.65. The van der Waals surface area contributed by atoms with Gasteiger partial charge < -0.3 is 0 Å². The molecule has 0 atom stereocenters. The van der Waals surface area contributed by atoms with E-state index >= 15 is 0 Å². The van der Waals surface area contributed by atoms with Crippen molar-refractivity contribution >= 4 is 27.7 Å². The van der Waals surface area contributed by atoms with Crippen LogP contribution in [0.15, 0.2) is 0 Å². The molecule has 0 aromatic rings. The van der Waals surface area contributed by atoms with Crippen LogP contribution in [0.3, 0.4) is 0 Å². The second-order valence-electron chi connectivity index (χ2n) is 1.79. The molecule has 1 aliphatic heterocycles. The Kier molecular flexibility index (Phi) is 2.42. The van der Waals surface area contributed by atoms with Gasteiger partial charge >= 0.3 is 0 Å². The Balaban J connectivity index is 2.12. The van der Waals surface area contributed by atoms with Gasteiger partial charge in [-0.25, -0.2) is 0 Å². The molecule has 0 nitrogen and oxygen atoms in total. The summed E-state index contributed by atoms with van der Waals surface area (Å²) in [5.41, 5.74) is 0. The molecule has 1 aliphatic rings. The first kappa shape index (κ1) is 5.85. The van der Waals surface area contributed by atoms with Crippen LogP contribution in [-0.2, 0) is 0 Å². The molecule has 7 heavy (non-hydrogen) atoms. The fourth-order valence-electron chi connectivity index (χ4n) is 0.718. The summed E-state index contributed by atoms with van der Waals surface area (Å²) in [4.78, 5) is 0. The van der Waals surface area contributed by atoms with Gasteiger partial charge in [0, 0.05) is 9.04 Å². The average Bonchev–Trinajstić information content (AvgIpc) is 1.69. The molecule has 0 amide bonds. The van der Waals surface area contributed by atoms with Crippen molar-refractivity contribution in [1.82, 2.24) is 0 Å². The molecule has 3 radical (unpaired) electrons. The van der Waals surface area contributed by atoms with E-state index < -0.39 is 0 Å². The van der Waals surface area contributed by atoms with Gasteiger partial charge in [0.15, 0.2) is 0 Å². The van der Waals surface area contributed by atoms with Gasteiger partial charge in [-0.2, -0.15) is 11.1 Å². The van der Waals surface area contributed by atoms with E-state index in [1.807, 2.05) is 0 Å². The molecule has 1 saturated heterocycles. The Labute approximate surface area is 53.2 Å². The third kappa shape index (κ3) is 1.97. The van der Waals surface area contributed by atoms with E-state index in [1.54, 1.807) is 0 Å². The lowest BCUT2D eigenvalue weighted by molar-refractivity contribution is 0.865. The molecule has 1 fully saturated rings. The van der Waals surface area contributed by atoms with Crippen molar-refractivity contribution in [2.45, 2.75) is 24.9 Å². The van der Waals surface area contributed by atoms with Gasteiger partial charge in [0.05, 0.1) is 0 Å². The van der Waals surface area contributed by atoms with Crippen molar-refractivity contribution in [2.75, 3.05) is 0 Å². The van der Waals surface area contributed by atoms with Crippen LogP contribution >= 0.6 is 11.1 Å². The fourth-order valence-corrected chi connectivity index (χ4v) is 5.81. The maximum absolute atomic E-state index is 5.93. The highest BCUT2D eigenvalue weighted by atomic mass is 35.6. The first-order valence-corrected chi connectivity index (χ1v) is 7.57. The molecule has 0 unspecified atom stereocenters. The topological polar surface area (TPSA) is 0 Å². The standard InChI is InChI=1S/C4H8ClSi2/c5-7-4-2-1-3-6-7/h1-4H2. The van der Waals surface area contributed by atoms with Gasteiger partial charge in [-0.1, -0.05) is 18.9 Å². The molecule has 39 valence electrons. The normalized spacial score (nSPS) is 25.3. The van der Waals surface area contributed by atoms with Crippen LogP contribution in [0.4, 0.5) is 0 Å². The molecule has 0 aromatic heterocycles. The van der Waals surface area contributed by atoms with E-state index in [2.05, 4.69) is 0 Å². The van der Waals surface area contributed by atoms with E-state index in [4.69, 9.17) is 11.1 Å². The molecule has 1 rings (SSSR count). The Bertz CT molecular complexity index is 51.7. The minimum Gasteiger partial charge on any atom is -0.173 e. The molecule has 0 spiro atoms. The Morgan fingerprint density at radius 2 is 2.29 bits per heavy atom. The van der Waals surface area contributed by atoms with E-state index in [1.165, 1.54) is 24.9 Å². The number of hydrogen-bond acceptors (Lipinski definition) is 0. The van der Waals surface area contributed by atoms with Crippen molar-refractivity contribution in [2.24, 2.45) is 0 Å². The Morgan fingerprint density at radius 1 is 1.43 bits per heavy atom. The highest BCUT2D eigenvalue weighted by Crippen LogP contribution is 2.13. The molecule has 0 N–H and O–H groups in total. The molecular weight excluding hydrogens is 140 g/mol. The van der Waals surface area contributed by atoms with Crippen LogP contribution in [0.2, 0.25) is 12.1 Å². The van der Waals surface area contributed by atoms with Gasteiger partial charge in [-0.15, -0.1) is 0 Å². The number of hydrogen-bond donors (Lipinski definition) is 0. The lowest BCUT2D eigenvalue weighted by atomic mass is 10.4. The Hall–Kier alpha value is 0.724. The summed E-state index contributed by atoms with van der Waals surface area (Å²) in [6.07, 6.45) is 2.85. The molecule has 0 aromatic carbocycles. The minimum atomic E-state index is -0.293. The van der Waals surface area contributed by atoms with Gasteiger partial charge in [0.1, 0.15) is 7.62 Å². The maximum atomic E-state index is 5.93. The summed E-state index contributed by atoms with van der Waals surface area (Å²) in [7, 11) is 0.850. The molecule has 0 bridgehead atoms. The summed E-state index contributed by atoms with van der Waals surface area (Å²) in [5, 5.41) is 0. The molecule has 1 heterocycles. The zero-order valence-electron chi connectivity index (χ0n) is 4.21. The molecule has 3 heteroatoms. The summed E-state index contributed by atoms with van der Waals surface area (Å²) in [5.74, 6) is 0. The average molecular weight is 148 g/mol. The summed E-state index contributed by atoms with van der Waals surface area (Å²) >= 11 is 5.93. The summed E-state index contributed by atoms with van der Waals surface area (Å²) < 4.78 is 0. The van der Waals surface area contributed by atoms with Gasteiger partial charge in [0.25, 0.3) is 0 Å². The third-order valence-electron chi connectivity index (χ3n) is 1.14. The zero-order chi connectivity index (χ0) is 5.11. The van der Waals surface area contributed by atoms with Crippen molar-refractivity contribution < 1.29 is 0 Å². The van der Waals surface area contributed by atoms with Crippen LogP contribution in [0.25, 0.3) is 0 Å². The van der Waals surface area contributed by atoms with Crippen LogP contribution in [0.1, 0.15) is 12.8 Å². The van der Waals surface area contributed by atoms with Crippen LogP contribution in [0.5, 0.6) is 0 Å². The predicted molar refractivity (Wildman–Crippen MR) is 36.2 cm³/mol. The third-order valence-corrected chi connectivity index (χ3v) is 7.34. The largest absolute Gasteiger partial charge is 0.173 e. The smallest absolute Gasteiger partial charge is 0.148 e. The predicted octanol–water partition coefficient (Wildman–Crippen LogP) is 1.63. The Morgan fingerprint density at radius 3 is 2.57 bits per heavy atom. The molecular formula is C4H8ClSi2. The number of halogens is 1. The van der Waals surface area contributed by atoms with Gasteiger partial charge in [-0.05, 0) is 6.04 Å². The van der Waals surface area contributed by atoms with Crippen LogP contribution < -0.4 is 0 Å².